The minimum Gasteiger partial charge on any atom is -0.324 e. The van der Waals surface area contributed by atoms with E-state index in [1.54, 1.807) is 0 Å². The highest BCUT2D eigenvalue weighted by molar-refractivity contribution is 6.20. The van der Waals surface area contributed by atoms with E-state index in [0.717, 1.165) is 88.6 Å². The first-order valence-corrected chi connectivity index (χ1v) is 28.7. The lowest BCUT2D eigenvalue weighted by atomic mass is 9.83. The molecule has 80 heavy (non-hydrogen) atoms. The minimum absolute atomic E-state index is 0.633. The molecule has 0 saturated heterocycles. The summed E-state index contributed by atoms with van der Waals surface area (Å²) in [6.45, 7) is 54.5. The lowest BCUT2D eigenvalue weighted by Gasteiger charge is -2.21. The Hall–Kier alpha value is -7.84. The third-order valence-electron chi connectivity index (χ3n) is 21.4. The van der Waals surface area contributed by atoms with Gasteiger partial charge in [-0.15, -0.1) is 0 Å². The van der Waals surface area contributed by atoms with E-state index in [1.165, 1.54) is 154 Å². The Labute approximate surface area is 470 Å². The number of hydrogen-bond donors (Lipinski definition) is 2. The highest BCUT2D eigenvalue weighted by atomic mass is 15.1. The van der Waals surface area contributed by atoms with Gasteiger partial charge in [0.1, 0.15) is 22.6 Å². The van der Waals surface area contributed by atoms with Gasteiger partial charge in [0.05, 0.1) is 0 Å². The standard InChI is InChI=1S/C72H74N8/c1-25-26(2)34(10)50-42(18)58-57(41(17)49(50)33(25)9)65-73-66(58)78-68-61-45(21)53-37(13)29(5)30(6)38(14)54(53)46(22)62(61)70(75-68)80-72-64-48(24)56-40(16)32(8)31(7)39(15)55(56)47(23)63(64)71(76-72)79-69-60-44(20)52-36(12)28(4)27(3)35(11)51(52)43(19)59(60)67(74-69)77-65/h1-24H3,(H2,73,74,75,76,77,78,79,80). The van der Waals surface area contributed by atoms with Crippen molar-refractivity contribution >= 4 is 87.2 Å². The third kappa shape index (κ3) is 6.23. The maximum atomic E-state index is 5.84. The van der Waals surface area contributed by atoms with Gasteiger partial charge in [-0.3, -0.25) is 0 Å². The van der Waals surface area contributed by atoms with Crippen molar-refractivity contribution in [2.75, 3.05) is 0 Å². The van der Waals surface area contributed by atoms with Gasteiger partial charge in [0.15, 0.2) is 23.3 Å². The fraction of sp³-hybridized carbons (Fsp3) is 0.333. The average molecular weight is 1050 g/mol. The van der Waals surface area contributed by atoms with E-state index in [4.69, 9.17) is 29.9 Å². The van der Waals surface area contributed by atoms with Gasteiger partial charge in [-0.05, 0) is 343 Å². The van der Waals surface area contributed by atoms with Crippen LogP contribution in [-0.4, -0.2) is 39.9 Å². The van der Waals surface area contributed by atoms with Gasteiger partial charge in [-0.25, -0.2) is 29.9 Å². The molecule has 2 aliphatic heterocycles. The molecule has 0 fully saturated rings. The molecular formula is C72H74N8. The number of nitrogens with zero attached hydrogens (tertiary/aromatic N) is 6. The van der Waals surface area contributed by atoms with E-state index in [2.05, 4.69) is 176 Å². The average Bonchev–Trinajstić information content (AvgIpc) is 4.37. The maximum Gasteiger partial charge on any atom is 0.165 e. The fourth-order valence-corrected chi connectivity index (χ4v) is 15.8. The van der Waals surface area contributed by atoms with Crippen LogP contribution in [0.3, 0.4) is 0 Å². The van der Waals surface area contributed by atoms with Gasteiger partial charge in [-0.1, -0.05) is 0 Å². The molecule has 3 aromatic heterocycles. The lowest BCUT2D eigenvalue weighted by Crippen LogP contribution is -2.01. The minimum atomic E-state index is 0.633. The number of aromatic nitrogens is 8. The molecule has 11 aromatic rings. The van der Waals surface area contributed by atoms with Crippen molar-refractivity contribution in [1.82, 2.24) is 39.9 Å². The molecule has 0 aliphatic carbocycles. The number of fused-ring (bicyclic) bond motifs is 24. The van der Waals surface area contributed by atoms with Gasteiger partial charge in [0.25, 0.3) is 0 Å². The smallest absolute Gasteiger partial charge is 0.165 e. The summed E-state index contributed by atoms with van der Waals surface area (Å²) in [4.78, 5) is 42.6. The Morgan fingerprint density at radius 3 is 0.463 bits per heavy atom. The second-order valence-electron chi connectivity index (χ2n) is 24.6. The number of aromatic amines is 2. The summed E-state index contributed by atoms with van der Waals surface area (Å²) in [5, 5.41) is 14.3. The summed E-state index contributed by atoms with van der Waals surface area (Å²) < 4.78 is 0. The molecule has 13 rings (SSSR count). The summed E-state index contributed by atoms with van der Waals surface area (Å²) in [5.74, 6) is 2.53. The summed E-state index contributed by atoms with van der Waals surface area (Å²) in [6.07, 6.45) is 0. The summed E-state index contributed by atoms with van der Waals surface area (Å²) in [7, 11) is 0. The largest absolute Gasteiger partial charge is 0.324 e. The molecular weight excluding hydrogens is 977 g/mol. The predicted octanol–water partition coefficient (Wildman–Crippen LogP) is 18.9. The molecule has 402 valence electrons. The molecule has 8 aromatic carbocycles. The molecule has 0 radical (unpaired) electrons. The zero-order valence-corrected chi connectivity index (χ0v) is 51.7. The molecule has 8 heteroatoms. The predicted molar refractivity (Wildman–Crippen MR) is 340 cm³/mol. The van der Waals surface area contributed by atoms with Crippen molar-refractivity contribution in [2.45, 2.75) is 166 Å². The number of nitrogens with one attached hydrogen (secondary N) is 2. The molecule has 0 spiro atoms. The number of aryl methyl sites for hydroxylation is 16. The van der Waals surface area contributed by atoms with E-state index in [-0.39, 0.29) is 0 Å². The van der Waals surface area contributed by atoms with Crippen LogP contribution in [0.1, 0.15) is 134 Å². The van der Waals surface area contributed by atoms with Crippen LogP contribution in [0, 0.1) is 166 Å². The van der Waals surface area contributed by atoms with Gasteiger partial charge >= 0.3 is 0 Å². The molecule has 0 saturated carbocycles. The van der Waals surface area contributed by atoms with Gasteiger partial charge < -0.3 is 9.97 Å². The Balaban J connectivity index is 1.35. The second kappa shape index (κ2) is 16.9. The van der Waals surface area contributed by atoms with Crippen LogP contribution in [0.2, 0.25) is 0 Å². The zero-order valence-electron chi connectivity index (χ0n) is 51.7. The van der Waals surface area contributed by atoms with Gasteiger partial charge in [0, 0.05) is 43.8 Å². The van der Waals surface area contributed by atoms with Crippen molar-refractivity contribution in [2.24, 2.45) is 0 Å². The van der Waals surface area contributed by atoms with E-state index < -0.39 is 0 Å². The van der Waals surface area contributed by atoms with E-state index >= 15 is 0 Å². The molecule has 8 bridgehead atoms. The van der Waals surface area contributed by atoms with E-state index in [0.29, 0.717) is 23.3 Å². The van der Waals surface area contributed by atoms with Crippen LogP contribution in [0.5, 0.6) is 0 Å². The maximum absolute atomic E-state index is 5.84. The first kappa shape index (κ1) is 51.6. The lowest BCUT2D eigenvalue weighted by molar-refractivity contribution is 1.19. The van der Waals surface area contributed by atoms with Crippen molar-refractivity contribution in [3.63, 3.8) is 0 Å². The molecule has 8 nitrogen and oxygen atoms in total. The quantitative estimate of drug-likeness (QED) is 0.157. The normalized spacial score (nSPS) is 12.5. The number of hydrogen-bond acceptors (Lipinski definition) is 6. The van der Waals surface area contributed by atoms with Crippen LogP contribution in [0.15, 0.2) is 0 Å². The Bertz CT molecular complexity index is 4450. The summed E-state index contributed by atoms with van der Waals surface area (Å²) in [5.41, 5.74) is 37.0. The zero-order chi connectivity index (χ0) is 57.4. The van der Waals surface area contributed by atoms with Crippen LogP contribution in [0.25, 0.3) is 133 Å². The number of rotatable bonds is 0. The fourth-order valence-electron chi connectivity index (χ4n) is 15.8. The molecule has 2 aliphatic rings. The van der Waals surface area contributed by atoms with Crippen LogP contribution < -0.4 is 0 Å². The van der Waals surface area contributed by atoms with Crippen LogP contribution >= 0.6 is 0 Å². The molecule has 5 heterocycles. The highest BCUT2D eigenvalue weighted by Crippen LogP contribution is 2.51. The Morgan fingerprint density at radius 1 is 0.150 bits per heavy atom. The SMILES string of the molecule is Cc1c(C)c(C)c2c(C)c3c(c(C)c2c1C)-c1nc-3nc2[nH]c(nc3nc(nc4[nH]c(n1)c1c(C)c5c(C)c(C)c(C)c(C)c5c(C)c41)-c1c-3c(C)c3c(C)c(C)c(C)c(C)c3c1C)c1c(C)c3c(C)c(C)c(C)c(C)c3c(C)c21. The van der Waals surface area contributed by atoms with Crippen LogP contribution in [0.4, 0.5) is 0 Å². The summed E-state index contributed by atoms with van der Waals surface area (Å²) in [6, 6.07) is 0. The first-order chi connectivity index (χ1) is 37.7. The van der Waals surface area contributed by atoms with E-state index in [9.17, 15) is 0 Å². The second-order valence-corrected chi connectivity index (χ2v) is 24.6. The van der Waals surface area contributed by atoms with E-state index in [1.807, 2.05) is 0 Å². The topological polar surface area (TPSA) is 109 Å². The monoisotopic (exact) mass is 1050 g/mol. The highest BCUT2D eigenvalue weighted by Gasteiger charge is 2.33. The Morgan fingerprint density at radius 2 is 0.300 bits per heavy atom. The molecule has 2 N–H and O–H groups in total. The third-order valence-corrected chi connectivity index (χ3v) is 21.4. The van der Waals surface area contributed by atoms with Crippen LogP contribution in [-0.2, 0) is 0 Å². The number of benzene rings is 8. The van der Waals surface area contributed by atoms with Crippen molar-refractivity contribution in [3.8, 4) is 45.6 Å². The summed E-state index contributed by atoms with van der Waals surface area (Å²) >= 11 is 0. The van der Waals surface area contributed by atoms with Gasteiger partial charge in [-0.2, -0.15) is 0 Å². The van der Waals surface area contributed by atoms with Gasteiger partial charge in [0.2, 0.25) is 0 Å². The first-order valence-electron chi connectivity index (χ1n) is 28.7. The number of H-pyrrole nitrogens is 2. The Kier molecular flexibility index (Phi) is 10.9. The molecule has 0 amide bonds. The molecule has 0 unspecified atom stereocenters. The van der Waals surface area contributed by atoms with Crippen molar-refractivity contribution in [3.05, 3.63) is 134 Å². The van der Waals surface area contributed by atoms with Crippen molar-refractivity contribution < 1.29 is 0 Å². The molecule has 0 atom stereocenters. The van der Waals surface area contributed by atoms with Crippen molar-refractivity contribution in [1.29, 1.82) is 0 Å².